The number of amides is 2. The van der Waals surface area contributed by atoms with Crippen molar-refractivity contribution in [2.45, 2.75) is 71.4 Å². The van der Waals surface area contributed by atoms with Gasteiger partial charge in [0.25, 0.3) is 0 Å². The van der Waals surface area contributed by atoms with Crippen molar-refractivity contribution in [3.8, 4) is 17.1 Å². The minimum atomic E-state index is -0.0163. The van der Waals surface area contributed by atoms with E-state index in [-0.39, 0.29) is 23.5 Å². The van der Waals surface area contributed by atoms with Crippen LogP contribution in [0.25, 0.3) is 22.4 Å². The second-order valence-electron chi connectivity index (χ2n) is 13.8. The summed E-state index contributed by atoms with van der Waals surface area (Å²) in [6.45, 7) is 16.3. The molecular formula is C37H48N6O2. The minimum Gasteiger partial charge on any atom is -0.492 e. The van der Waals surface area contributed by atoms with Crippen molar-refractivity contribution in [3.05, 3.63) is 72.3 Å². The monoisotopic (exact) mass is 608 g/mol. The molecule has 3 aromatic carbocycles. The molecule has 2 aliphatic heterocycles. The number of ether oxygens (including phenoxy) is 1. The molecule has 238 valence electrons. The molecule has 45 heavy (non-hydrogen) atoms. The molecule has 2 atom stereocenters. The number of nitrogens with one attached hydrogen (secondary N) is 2. The van der Waals surface area contributed by atoms with Crippen LogP contribution in [0.2, 0.25) is 0 Å². The average molecular weight is 609 g/mol. The predicted molar refractivity (Wildman–Crippen MR) is 184 cm³/mol. The van der Waals surface area contributed by atoms with Crippen molar-refractivity contribution in [1.82, 2.24) is 19.8 Å². The lowest BCUT2D eigenvalue weighted by molar-refractivity contribution is 0.133. The molecule has 0 aliphatic carbocycles. The van der Waals surface area contributed by atoms with Gasteiger partial charge in [0.1, 0.15) is 23.7 Å². The Hall–Kier alpha value is -4.04. The molecule has 2 amide bonds. The zero-order valence-electron chi connectivity index (χ0n) is 27.5. The van der Waals surface area contributed by atoms with E-state index in [0.29, 0.717) is 6.61 Å². The third-order valence-corrected chi connectivity index (χ3v) is 9.44. The van der Waals surface area contributed by atoms with Crippen molar-refractivity contribution in [1.29, 1.82) is 0 Å². The first-order valence-electron chi connectivity index (χ1n) is 16.5. The van der Waals surface area contributed by atoms with E-state index >= 15 is 0 Å². The number of carbonyl (C=O) groups excluding carboxylic acids is 1. The SMILES string of the molecule is CC1CCCC(C)N1C(=O)Nc1ccc(OCCN2CCN(c3cccc4[nH]c(-c5ccc(C(C)(C)C)cc5)nc34)CC2)cc1. The van der Waals surface area contributed by atoms with Crippen LogP contribution in [0.3, 0.4) is 0 Å². The van der Waals surface area contributed by atoms with E-state index in [1.54, 1.807) is 0 Å². The number of piperazine rings is 1. The molecule has 6 rings (SSSR count). The first-order chi connectivity index (χ1) is 21.7. The van der Waals surface area contributed by atoms with Crippen LogP contribution in [0.5, 0.6) is 5.75 Å². The topological polar surface area (TPSA) is 76.7 Å². The summed E-state index contributed by atoms with van der Waals surface area (Å²) in [6, 6.07) is 23.4. The Balaban J connectivity index is 0.986. The molecule has 1 aromatic heterocycles. The number of nitrogens with zero attached hydrogens (tertiary/aromatic N) is 4. The maximum absolute atomic E-state index is 12.9. The van der Waals surface area contributed by atoms with Gasteiger partial charge in [0.2, 0.25) is 0 Å². The average Bonchev–Trinajstić information content (AvgIpc) is 3.47. The van der Waals surface area contributed by atoms with Gasteiger partial charge in [0, 0.05) is 56.1 Å². The fourth-order valence-electron chi connectivity index (χ4n) is 6.69. The zero-order chi connectivity index (χ0) is 31.6. The third kappa shape index (κ3) is 7.12. The minimum absolute atomic E-state index is 0.0163. The molecule has 0 spiro atoms. The Morgan fingerprint density at radius 3 is 2.29 bits per heavy atom. The number of carbonyl (C=O) groups is 1. The highest BCUT2D eigenvalue weighted by atomic mass is 16.5. The quantitative estimate of drug-likeness (QED) is 0.227. The van der Waals surface area contributed by atoms with Gasteiger partial charge < -0.3 is 24.8 Å². The number of anilines is 2. The molecule has 3 heterocycles. The van der Waals surface area contributed by atoms with E-state index in [2.05, 4.69) is 97.2 Å². The van der Waals surface area contributed by atoms with Crippen molar-refractivity contribution >= 4 is 28.4 Å². The summed E-state index contributed by atoms with van der Waals surface area (Å²) in [5, 5.41) is 3.06. The summed E-state index contributed by atoms with van der Waals surface area (Å²) in [7, 11) is 0. The molecule has 8 nitrogen and oxygen atoms in total. The Bertz CT molecular complexity index is 1570. The van der Waals surface area contributed by atoms with Gasteiger partial charge in [-0.2, -0.15) is 0 Å². The molecule has 4 aromatic rings. The molecule has 0 saturated carbocycles. The fourth-order valence-corrected chi connectivity index (χ4v) is 6.69. The summed E-state index contributed by atoms with van der Waals surface area (Å²) >= 11 is 0. The Morgan fingerprint density at radius 1 is 0.933 bits per heavy atom. The number of rotatable bonds is 7. The van der Waals surface area contributed by atoms with Crippen molar-refractivity contribution in [2.75, 3.05) is 49.5 Å². The van der Waals surface area contributed by atoms with Crippen LogP contribution in [0.4, 0.5) is 16.2 Å². The van der Waals surface area contributed by atoms with Crippen LogP contribution in [0, 0.1) is 0 Å². The van der Waals surface area contributed by atoms with Gasteiger partial charge in [0.05, 0.1) is 11.2 Å². The maximum atomic E-state index is 12.9. The number of H-pyrrole nitrogens is 1. The summed E-state index contributed by atoms with van der Waals surface area (Å²) in [5.41, 5.74) is 6.64. The first kappa shape index (κ1) is 31.0. The van der Waals surface area contributed by atoms with Gasteiger partial charge in [-0.3, -0.25) is 4.90 Å². The van der Waals surface area contributed by atoms with Crippen LogP contribution in [0.1, 0.15) is 59.4 Å². The summed E-state index contributed by atoms with van der Waals surface area (Å²) in [6.07, 6.45) is 3.31. The van der Waals surface area contributed by atoms with E-state index in [4.69, 9.17) is 9.72 Å². The number of urea groups is 1. The van der Waals surface area contributed by atoms with E-state index < -0.39 is 0 Å². The number of piperidine rings is 1. The highest BCUT2D eigenvalue weighted by molar-refractivity contribution is 5.91. The lowest BCUT2D eigenvalue weighted by Gasteiger charge is -2.38. The van der Waals surface area contributed by atoms with Crippen LogP contribution < -0.4 is 15.0 Å². The van der Waals surface area contributed by atoms with Gasteiger partial charge in [-0.25, -0.2) is 9.78 Å². The second kappa shape index (κ2) is 13.1. The van der Waals surface area contributed by atoms with Gasteiger partial charge in [-0.1, -0.05) is 51.1 Å². The summed E-state index contributed by atoms with van der Waals surface area (Å²) in [4.78, 5) is 28.3. The number of para-hydroxylation sites is 1. The Labute approximate surface area is 267 Å². The Morgan fingerprint density at radius 2 is 1.62 bits per heavy atom. The van der Waals surface area contributed by atoms with Crippen LogP contribution >= 0.6 is 0 Å². The number of aromatic amines is 1. The van der Waals surface area contributed by atoms with Gasteiger partial charge in [0.15, 0.2) is 0 Å². The largest absolute Gasteiger partial charge is 0.492 e. The van der Waals surface area contributed by atoms with Crippen LogP contribution in [-0.4, -0.2) is 77.2 Å². The molecule has 8 heteroatoms. The number of likely N-dealkylation sites (tertiary alicyclic amines) is 1. The molecule has 2 unspecified atom stereocenters. The predicted octanol–water partition coefficient (Wildman–Crippen LogP) is 7.52. The molecule has 2 saturated heterocycles. The molecule has 2 N–H and O–H groups in total. The van der Waals surface area contributed by atoms with E-state index in [0.717, 1.165) is 79.4 Å². The number of benzene rings is 3. The second-order valence-corrected chi connectivity index (χ2v) is 13.8. The number of hydrogen-bond donors (Lipinski definition) is 2. The summed E-state index contributed by atoms with van der Waals surface area (Å²) in [5.74, 6) is 1.73. The Kier molecular flexibility index (Phi) is 9.04. The van der Waals surface area contributed by atoms with Gasteiger partial charge >= 0.3 is 6.03 Å². The molecule has 2 aliphatic rings. The number of hydrogen-bond acceptors (Lipinski definition) is 5. The standard InChI is InChI=1S/C37H48N6O2/c1-26-8-6-9-27(2)43(26)36(44)38-30-16-18-31(19-17-30)45-25-24-41-20-22-42(23-21-41)33-11-7-10-32-34(33)40-35(39-32)28-12-14-29(15-13-28)37(3,4)5/h7,10-19,26-27H,6,8-9,20-25H2,1-5H3,(H,38,44)(H,39,40). The molecule has 2 fully saturated rings. The number of imidazole rings is 1. The van der Waals surface area contributed by atoms with Crippen LogP contribution in [-0.2, 0) is 5.41 Å². The van der Waals surface area contributed by atoms with Gasteiger partial charge in [-0.15, -0.1) is 0 Å². The highest BCUT2D eigenvalue weighted by Crippen LogP contribution is 2.31. The van der Waals surface area contributed by atoms with E-state index in [9.17, 15) is 4.79 Å². The van der Waals surface area contributed by atoms with Crippen molar-refractivity contribution in [3.63, 3.8) is 0 Å². The highest BCUT2D eigenvalue weighted by Gasteiger charge is 2.29. The van der Waals surface area contributed by atoms with Gasteiger partial charge in [-0.05, 0) is 80.5 Å². The molecular weight excluding hydrogens is 560 g/mol. The number of fused-ring (bicyclic) bond motifs is 1. The molecule has 0 bridgehead atoms. The van der Waals surface area contributed by atoms with E-state index in [1.807, 2.05) is 29.2 Å². The first-order valence-corrected chi connectivity index (χ1v) is 16.5. The zero-order valence-corrected chi connectivity index (χ0v) is 27.5. The lowest BCUT2D eigenvalue weighted by atomic mass is 9.87. The third-order valence-electron chi connectivity index (χ3n) is 9.44. The lowest BCUT2D eigenvalue weighted by Crippen LogP contribution is -2.49. The fraction of sp³-hybridized carbons (Fsp3) is 0.459. The smallest absolute Gasteiger partial charge is 0.322 e. The normalized spacial score (nSPS) is 19.6. The van der Waals surface area contributed by atoms with E-state index in [1.165, 1.54) is 17.7 Å². The maximum Gasteiger partial charge on any atom is 0.322 e. The van der Waals surface area contributed by atoms with Crippen molar-refractivity contribution in [2.24, 2.45) is 0 Å². The summed E-state index contributed by atoms with van der Waals surface area (Å²) < 4.78 is 6.07. The van der Waals surface area contributed by atoms with Crippen LogP contribution in [0.15, 0.2) is 66.7 Å². The van der Waals surface area contributed by atoms with Crippen molar-refractivity contribution < 1.29 is 9.53 Å². The molecule has 0 radical (unpaired) electrons. The number of aromatic nitrogens is 2.